The molecule has 0 heterocycles. The molecule has 2 aliphatic carbocycles. The van der Waals surface area contributed by atoms with Gasteiger partial charge in [0.2, 0.25) is 5.90 Å². The van der Waals surface area contributed by atoms with Crippen LogP contribution in [0, 0.1) is 53.3 Å². The van der Waals surface area contributed by atoms with Crippen molar-refractivity contribution >= 4 is 29.5 Å². The van der Waals surface area contributed by atoms with Crippen LogP contribution >= 0.6 is 0 Å². The molecular weight excluding hydrogens is 510 g/mol. The number of nitrogens with zero attached hydrogens (tertiary/aromatic N) is 1. The Hall–Kier alpha value is -2.45. The second-order valence-corrected chi connectivity index (χ2v) is 13.2. The number of hydrogen-bond donors (Lipinski definition) is 2. The summed E-state index contributed by atoms with van der Waals surface area (Å²) in [6.45, 7) is 17.2. The number of Topliss-reactive ketones (excluding diaryl/α,β-unsaturated/α-hetero) is 2. The Bertz CT molecular complexity index is 932. The fourth-order valence-corrected chi connectivity index (χ4v) is 6.87. The number of amides is 2. The standard InChI is InChI=1S/C31H53N3O6/c1-16(2)23-12-10-18(5)14-25(23)39-29(33-34-31(32)38)27(21(8)35)20(7)28(22(9)36)30(37)40-26-15-19(6)11-13-24(26)17(3)4/h16-20,23-28H,10-15H2,1-9H3,(H3,32,34,38)/b33-29-/t18-,19-,20-,23-,24-,25-,26-,27-,28-/m1/s1. The number of carbonyl (C=O) groups excluding carboxylic acids is 4. The third kappa shape index (κ3) is 9.03. The fourth-order valence-electron chi connectivity index (χ4n) is 6.87. The van der Waals surface area contributed by atoms with Crippen LogP contribution in [0.3, 0.4) is 0 Å². The van der Waals surface area contributed by atoms with Crippen LogP contribution in [-0.4, -0.2) is 41.7 Å². The maximum atomic E-state index is 13.6. The summed E-state index contributed by atoms with van der Waals surface area (Å²) in [7, 11) is 0. The van der Waals surface area contributed by atoms with Gasteiger partial charge < -0.3 is 15.2 Å². The first-order chi connectivity index (χ1) is 18.6. The summed E-state index contributed by atoms with van der Waals surface area (Å²) in [4.78, 5) is 51.3. The normalized spacial score (nSPS) is 29.8. The molecule has 9 nitrogen and oxygen atoms in total. The van der Waals surface area contributed by atoms with Gasteiger partial charge in [-0.15, -0.1) is 5.10 Å². The average Bonchev–Trinajstić information content (AvgIpc) is 2.81. The number of urea groups is 1. The summed E-state index contributed by atoms with van der Waals surface area (Å²) < 4.78 is 12.5. The zero-order chi connectivity index (χ0) is 30.3. The Morgan fingerprint density at radius 1 is 0.750 bits per heavy atom. The van der Waals surface area contributed by atoms with Gasteiger partial charge in [0.1, 0.15) is 29.7 Å². The van der Waals surface area contributed by atoms with Gasteiger partial charge in [-0.3, -0.25) is 14.4 Å². The van der Waals surface area contributed by atoms with Crippen LogP contribution in [0.25, 0.3) is 0 Å². The first-order valence-corrected chi connectivity index (χ1v) is 15.1. The van der Waals surface area contributed by atoms with Gasteiger partial charge in [-0.1, -0.05) is 61.3 Å². The van der Waals surface area contributed by atoms with Crippen molar-refractivity contribution in [3.05, 3.63) is 0 Å². The van der Waals surface area contributed by atoms with Crippen LogP contribution in [0.15, 0.2) is 5.10 Å². The smallest absolute Gasteiger partial charge is 0.332 e. The van der Waals surface area contributed by atoms with Crippen LogP contribution in [0.2, 0.25) is 0 Å². The first-order valence-electron chi connectivity index (χ1n) is 15.1. The van der Waals surface area contributed by atoms with E-state index < -0.39 is 29.8 Å². The van der Waals surface area contributed by atoms with Gasteiger partial charge in [0.25, 0.3) is 0 Å². The number of esters is 1. The van der Waals surface area contributed by atoms with Gasteiger partial charge in [-0.05, 0) is 81.0 Å². The highest BCUT2D eigenvalue weighted by Crippen LogP contribution is 2.38. The summed E-state index contributed by atoms with van der Waals surface area (Å²) in [6, 6.07) is -0.901. The number of ether oxygens (including phenoxy) is 2. The van der Waals surface area contributed by atoms with Crippen molar-refractivity contribution in [2.24, 2.45) is 64.1 Å². The molecule has 0 aromatic rings. The molecule has 0 radical (unpaired) electrons. The number of nitrogens with one attached hydrogen (secondary N) is 1. The summed E-state index contributed by atoms with van der Waals surface area (Å²) in [5.74, 6) is -2.44. The zero-order valence-corrected chi connectivity index (χ0v) is 26.1. The van der Waals surface area contributed by atoms with E-state index in [1.54, 1.807) is 6.92 Å². The molecule has 2 aliphatic rings. The van der Waals surface area contributed by atoms with Crippen LogP contribution in [-0.2, 0) is 23.9 Å². The Morgan fingerprint density at radius 3 is 1.60 bits per heavy atom. The Labute approximate surface area is 240 Å². The molecule has 9 atom stereocenters. The van der Waals surface area contributed by atoms with E-state index in [-0.39, 0.29) is 41.5 Å². The summed E-state index contributed by atoms with van der Waals surface area (Å²) in [6.07, 6.45) is 5.10. The summed E-state index contributed by atoms with van der Waals surface area (Å²) >= 11 is 0. The number of hydrogen-bond acceptors (Lipinski definition) is 7. The van der Waals surface area contributed by atoms with E-state index in [1.165, 1.54) is 13.8 Å². The minimum atomic E-state index is -1.19. The average molecular weight is 564 g/mol. The molecular formula is C31H53N3O6. The summed E-state index contributed by atoms with van der Waals surface area (Å²) in [5.41, 5.74) is 7.52. The highest BCUT2D eigenvalue weighted by Gasteiger charge is 2.44. The number of primary amides is 1. The summed E-state index contributed by atoms with van der Waals surface area (Å²) in [5, 5.41) is 4.13. The van der Waals surface area contributed by atoms with Crippen LogP contribution in [0.4, 0.5) is 4.79 Å². The van der Waals surface area contributed by atoms with E-state index in [0.717, 1.165) is 38.5 Å². The molecule has 0 aliphatic heterocycles. The maximum Gasteiger partial charge on any atom is 0.332 e. The van der Waals surface area contributed by atoms with Crippen LogP contribution in [0.1, 0.15) is 101 Å². The van der Waals surface area contributed by atoms with Gasteiger partial charge >= 0.3 is 12.0 Å². The lowest BCUT2D eigenvalue weighted by Gasteiger charge is -2.39. The predicted octanol–water partition coefficient (Wildman–Crippen LogP) is 5.50. The fraction of sp³-hybridized carbons (Fsp3) is 0.839. The molecule has 9 heteroatoms. The molecule has 2 saturated carbocycles. The quantitative estimate of drug-likeness (QED) is 0.112. The molecule has 0 saturated heterocycles. The van der Waals surface area contributed by atoms with Crippen molar-refractivity contribution in [3.8, 4) is 0 Å². The van der Waals surface area contributed by atoms with Crippen molar-refractivity contribution in [2.45, 2.75) is 113 Å². The van der Waals surface area contributed by atoms with Crippen LogP contribution < -0.4 is 11.2 Å². The van der Waals surface area contributed by atoms with Crippen molar-refractivity contribution in [1.82, 2.24) is 5.43 Å². The molecule has 0 aromatic carbocycles. The molecule has 2 amide bonds. The molecule has 0 aromatic heterocycles. The molecule has 0 spiro atoms. The van der Waals surface area contributed by atoms with E-state index in [9.17, 15) is 19.2 Å². The van der Waals surface area contributed by atoms with Gasteiger partial charge in [0, 0.05) is 0 Å². The third-order valence-electron chi connectivity index (χ3n) is 9.19. The Morgan fingerprint density at radius 2 is 1.20 bits per heavy atom. The largest absolute Gasteiger partial charge is 0.476 e. The number of hydrazone groups is 1. The van der Waals surface area contributed by atoms with Crippen molar-refractivity contribution in [1.29, 1.82) is 0 Å². The lowest BCUT2D eigenvalue weighted by Crippen LogP contribution is -2.46. The highest BCUT2D eigenvalue weighted by atomic mass is 16.5. The maximum absolute atomic E-state index is 13.6. The van der Waals surface area contributed by atoms with E-state index in [2.05, 4.69) is 52.1 Å². The zero-order valence-electron chi connectivity index (χ0n) is 26.1. The molecule has 0 bridgehead atoms. The molecule has 2 fully saturated rings. The molecule has 40 heavy (non-hydrogen) atoms. The minimum absolute atomic E-state index is 0.0195. The minimum Gasteiger partial charge on any atom is -0.476 e. The predicted molar refractivity (Wildman–Crippen MR) is 155 cm³/mol. The number of rotatable bonds is 11. The molecule has 228 valence electrons. The number of nitrogens with two attached hydrogens (primary N) is 1. The monoisotopic (exact) mass is 563 g/mol. The second kappa shape index (κ2) is 15.0. The molecule has 0 unspecified atom stereocenters. The highest BCUT2D eigenvalue weighted by molar-refractivity contribution is 6.04. The second-order valence-electron chi connectivity index (χ2n) is 13.2. The lowest BCUT2D eigenvalue weighted by atomic mass is 9.74. The van der Waals surface area contributed by atoms with E-state index in [0.29, 0.717) is 23.7 Å². The van der Waals surface area contributed by atoms with Crippen molar-refractivity contribution < 1.29 is 28.7 Å². The third-order valence-corrected chi connectivity index (χ3v) is 9.19. The number of ketones is 2. The van der Waals surface area contributed by atoms with Crippen LogP contribution in [0.5, 0.6) is 0 Å². The van der Waals surface area contributed by atoms with Gasteiger partial charge in [-0.2, -0.15) is 0 Å². The van der Waals surface area contributed by atoms with Gasteiger partial charge in [-0.25, -0.2) is 10.2 Å². The first kappa shape index (κ1) is 33.8. The van der Waals surface area contributed by atoms with E-state index >= 15 is 0 Å². The Balaban J connectivity index is 2.41. The van der Waals surface area contributed by atoms with Crippen molar-refractivity contribution in [3.63, 3.8) is 0 Å². The van der Waals surface area contributed by atoms with Crippen molar-refractivity contribution in [2.75, 3.05) is 0 Å². The lowest BCUT2D eigenvalue weighted by molar-refractivity contribution is -0.165. The molecule has 3 N–H and O–H groups in total. The topological polar surface area (TPSA) is 137 Å². The SMILES string of the molecule is CC(=O)[C@H](C(=O)O[C@@H]1C[C@H](C)CC[C@@H]1C(C)C)[C@H](C)[C@H](C(C)=O)/C(=N/NC(N)=O)O[C@@H]1C[C@H](C)CC[C@@H]1C(C)C. The van der Waals surface area contributed by atoms with Gasteiger partial charge in [0.05, 0.1) is 5.92 Å². The molecule has 2 rings (SSSR count). The number of carbonyl (C=O) groups is 4. The van der Waals surface area contributed by atoms with Gasteiger partial charge in [0.15, 0.2) is 0 Å². The Kier molecular flexibility index (Phi) is 12.6. The van der Waals surface area contributed by atoms with E-state index in [1.807, 2.05) is 0 Å². The van der Waals surface area contributed by atoms with E-state index in [4.69, 9.17) is 15.2 Å².